The van der Waals surface area contributed by atoms with Crippen LogP contribution in [0.3, 0.4) is 0 Å². The van der Waals surface area contributed by atoms with Crippen molar-refractivity contribution in [2.24, 2.45) is 5.73 Å². The summed E-state index contributed by atoms with van der Waals surface area (Å²) < 4.78 is 5.15. The third kappa shape index (κ3) is 3.67. The maximum atomic E-state index is 7.78. The number of hydrogen-bond acceptors (Lipinski definition) is 4. The number of anilines is 1. The maximum Gasteiger partial charge on any atom is 0.140 e. The van der Waals surface area contributed by atoms with Gasteiger partial charge in [-0.25, -0.2) is 4.98 Å². The van der Waals surface area contributed by atoms with Crippen molar-refractivity contribution >= 4 is 11.7 Å². The zero-order valence-electron chi connectivity index (χ0n) is 12.4. The zero-order valence-corrected chi connectivity index (χ0v) is 12.4. The molecule has 0 radical (unpaired) electrons. The molecule has 0 spiro atoms. The predicted molar refractivity (Wildman–Crippen MR) is 79.1 cm³/mol. The summed E-state index contributed by atoms with van der Waals surface area (Å²) in [6.07, 6.45) is 0. The average Bonchev–Trinajstić information content (AvgIpc) is 2.27. The van der Waals surface area contributed by atoms with Crippen LogP contribution in [0.5, 0.6) is 0 Å². The molecule has 1 heterocycles. The summed E-state index contributed by atoms with van der Waals surface area (Å²) in [5.74, 6) is 0.833. The van der Waals surface area contributed by atoms with Gasteiger partial charge in [0.05, 0.1) is 12.2 Å². The van der Waals surface area contributed by atoms with Crippen LogP contribution >= 0.6 is 0 Å². The molecule has 0 fully saturated rings. The Morgan fingerprint density at radius 1 is 1.47 bits per heavy atom. The van der Waals surface area contributed by atoms with Gasteiger partial charge in [-0.3, -0.25) is 5.41 Å². The van der Waals surface area contributed by atoms with Gasteiger partial charge in [0, 0.05) is 25.4 Å². The van der Waals surface area contributed by atoms with Crippen LogP contribution in [-0.4, -0.2) is 37.1 Å². The molecule has 5 heteroatoms. The molecule has 0 aliphatic heterocycles. The van der Waals surface area contributed by atoms with Gasteiger partial charge in [0.1, 0.15) is 11.7 Å². The lowest BCUT2D eigenvalue weighted by atomic mass is 10.1. The second-order valence-corrected chi connectivity index (χ2v) is 4.97. The van der Waals surface area contributed by atoms with Gasteiger partial charge in [0.25, 0.3) is 0 Å². The van der Waals surface area contributed by atoms with Crippen molar-refractivity contribution in [1.82, 2.24) is 4.98 Å². The molecule has 0 aliphatic rings. The van der Waals surface area contributed by atoms with Crippen LogP contribution in [0.4, 0.5) is 5.82 Å². The molecule has 0 saturated heterocycles. The molecule has 5 nitrogen and oxygen atoms in total. The lowest BCUT2D eigenvalue weighted by Crippen LogP contribution is -2.36. The lowest BCUT2D eigenvalue weighted by Gasteiger charge is -2.30. The van der Waals surface area contributed by atoms with Crippen molar-refractivity contribution in [3.8, 4) is 0 Å². The van der Waals surface area contributed by atoms with E-state index in [1.165, 1.54) is 0 Å². The number of nitrogens with two attached hydrogens (primary N) is 1. The highest BCUT2D eigenvalue weighted by atomic mass is 16.5. The summed E-state index contributed by atoms with van der Waals surface area (Å²) in [5.41, 5.74) is 8.35. The Labute approximate surface area is 115 Å². The fourth-order valence-electron chi connectivity index (χ4n) is 2.16. The van der Waals surface area contributed by atoms with Crippen LogP contribution in [0.1, 0.15) is 30.7 Å². The van der Waals surface area contributed by atoms with Gasteiger partial charge >= 0.3 is 0 Å². The van der Waals surface area contributed by atoms with Gasteiger partial charge in [-0.1, -0.05) is 0 Å². The van der Waals surface area contributed by atoms with Crippen LogP contribution in [0.2, 0.25) is 0 Å². The number of rotatable bonds is 6. The number of pyridine rings is 1. The number of hydrogen-bond donors (Lipinski definition) is 2. The maximum absolute atomic E-state index is 7.78. The first-order valence-corrected chi connectivity index (χ1v) is 6.46. The molecule has 0 aromatic carbocycles. The molecular weight excluding hydrogens is 240 g/mol. The van der Waals surface area contributed by atoms with E-state index in [-0.39, 0.29) is 11.9 Å². The van der Waals surface area contributed by atoms with Crippen LogP contribution in [0.15, 0.2) is 6.07 Å². The van der Waals surface area contributed by atoms with E-state index in [4.69, 9.17) is 15.9 Å². The molecule has 0 bridgehead atoms. The fourth-order valence-corrected chi connectivity index (χ4v) is 2.16. The van der Waals surface area contributed by atoms with E-state index in [0.29, 0.717) is 6.61 Å². The van der Waals surface area contributed by atoms with E-state index in [0.717, 1.165) is 29.2 Å². The first-order valence-electron chi connectivity index (χ1n) is 6.46. The minimum absolute atomic E-state index is 0.0584. The quantitative estimate of drug-likeness (QED) is 0.607. The SMILES string of the molecule is COCCN(c1nc(C)cc(C)c1C(=N)N)C(C)C. The summed E-state index contributed by atoms with van der Waals surface area (Å²) >= 11 is 0. The Morgan fingerprint density at radius 2 is 2.11 bits per heavy atom. The third-order valence-corrected chi connectivity index (χ3v) is 3.03. The van der Waals surface area contributed by atoms with Crippen LogP contribution in [0.25, 0.3) is 0 Å². The number of aromatic nitrogens is 1. The van der Waals surface area contributed by atoms with Crippen molar-refractivity contribution in [3.63, 3.8) is 0 Å². The number of nitrogens with one attached hydrogen (secondary N) is 1. The molecule has 0 atom stereocenters. The smallest absolute Gasteiger partial charge is 0.140 e. The van der Waals surface area contributed by atoms with E-state index < -0.39 is 0 Å². The molecular formula is C14H24N4O. The number of ether oxygens (including phenoxy) is 1. The normalized spacial score (nSPS) is 10.8. The van der Waals surface area contributed by atoms with Crippen molar-refractivity contribution < 1.29 is 4.74 Å². The van der Waals surface area contributed by atoms with E-state index >= 15 is 0 Å². The predicted octanol–water partition coefficient (Wildman–Crippen LogP) is 1.84. The molecule has 1 rings (SSSR count). The Hall–Kier alpha value is -1.62. The topological polar surface area (TPSA) is 75.2 Å². The van der Waals surface area contributed by atoms with E-state index in [9.17, 15) is 0 Å². The molecule has 19 heavy (non-hydrogen) atoms. The Kier molecular flexibility index (Phi) is 5.30. The lowest BCUT2D eigenvalue weighted by molar-refractivity contribution is 0.203. The van der Waals surface area contributed by atoms with E-state index in [1.807, 2.05) is 19.9 Å². The van der Waals surface area contributed by atoms with Crippen molar-refractivity contribution in [1.29, 1.82) is 5.41 Å². The third-order valence-electron chi connectivity index (χ3n) is 3.03. The molecule has 0 unspecified atom stereocenters. The molecule has 3 N–H and O–H groups in total. The fraction of sp³-hybridized carbons (Fsp3) is 0.571. The van der Waals surface area contributed by atoms with E-state index in [2.05, 4.69) is 23.7 Å². The van der Waals surface area contributed by atoms with Gasteiger partial charge < -0.3 is 15.4 Å². The minimum atomic E-state index is 0.0584. The zero-order chi connectivity index (χ0) is 14.6. The first kappa shape index (κ1) is 15.4. The Morgan fingerprint density at radius 3 is 2.58 bits per heavy atom. The van der Waals surface area contributed by atoms with Gasteiger partial charge in [0.2, 0.25) is 0 Å². The number of aryl methyl sites for hydroxylation is 2. The second-order valence-electron chi connectivity index (χ2n) is 4.97. The molecule has 1 aromatic heterocycles. The van der Waals surface area contributed by atoms with Gasteiger partial charge in [0.15, 0.2) is 0 Å². The van der Waals surface area contributed by atoms with E-state index in [1.54, 1.807) is 7.11 Å². The summed E-state index contributed by atoms with van der Waals surface area (Å²) in [5, 5.41) is 7.78. The first-order chi connectivity index (χ1) is 8.88. The number of methoxy groups -OCH3 is 1. The van der Waals surface area contributed by atoms with Gasteiger partial charge in [-0.15, -0.1) is 0 Å². The molecule has 0 saturated carbocycles. The summed E-state index contributed by atoms with van der Waals surface area (Å²) in [6, 6.07) is 2.22. The number of amidine groups is 1. The molecule has 0 aliphatic carbocycles. The highest BCUT2D eigenvalue weighted by Crippen LogP contribution is 2.23. The minimum Gasteiger partial charge on any atom is -0.384 e. The van der Waals surface area contributed by atoms with Crippen LogP contribution in [0, 0.1) is 19.3 Å². The number of nitrogen functional groups attached to an aromatic ring is 1. The van der Waals surface area contributed by atoms with Gasteiger partial charge in [-0.05, 0) is 39.3 Å². The second kappa shape index (κ2) is 6.52. The van der Waals surface area contributed by atoms with Gasteiger partial charge in [-0.2, -0.15) is 0 Å². The summed E-state index contributed by atoms with van der Waals surface area (Å²) in [7, 11) is 1.68. The highest BCUT2D eigenvalue weighted by Gasteiger charge is 2.19. The monoisotopic (exact) mass is 264 g/mol. The summed E-state index contributed by atoms with van der Waals surface area (Å²) in [6.45, 7) is 9.45. The Bertz CT molecular complexity index is 457. The summed E-state index contributed by atoms with van der Waals surface area (Å²) in [4.78, 5) is 6.70. The van der Waals surface area contributed by atoms with Crippen LogP contribution < -0.4 is 10.6 Å². The molecule has 106 valence electrons. The number of nitrogens with zero attached hydrogens (tertiary/aromatic N) is 2. The van der Waals surface area contributed by atoms with Crippen molar-refractivity contribution in [2.75, 3.05) is 25.2 Å². The largest absolute Gasteiger partial charge is 0.384 e. The average molecular weight is 264 g/mol. The van der Waals surface area contributed by atoms with Crippen LogP contribution in [-0.2, 0) is 4.74 Å². The highest BCUT2D eigenvalue weighted by molar-refractivity contribution is 6.01. The standard InChI is InChI=1S/C14H24N4O/c1-9(2)18(6-7-19-5)14-12(13(15)16)10(3)8-11(4)17-14/h8-9H,6-7H2,1-5H3,(H3,15,16). The molecule has 0 amide bonds. The van der Waals surface area contributed by atoms with Crippen molar-refractivity contribution in [2.45, 2.75) is 33.7 Å². The Balaban J connectivity index is 3.31. The molecule has 1 aromatic rings. The van der Waals surface area contributed by atoms with Crippen molar-refractivity contribution in [3.05, 3.63) is 22.9 Å².